The van der Waals surface area contributed by atoms with Crippen LogP contribution >= 0.6 is 0 Å². The SMILES string of the molecule is Cc1cc(C)cc(C(=O)N2CCCC(C(=O)Nc3cccc(NC(=O)CN4CCCCCC4)c3)C2)c1. The Balaban J connectivity index is 1.32. The lowest BCUT2D eigenvalue weighted by molar-refractivity contribution is -0.121. The lowest BCUT2D eigenvalue weighted by Crippen LogP contribution is -2.43. The molecule has 2 aliphatic rings. The molecule has 3 amide bonds. The number of hydrogen-bond acceptors (Lipinski definition) is 4. The van der Waals surface area contributed by atoms with Crippen LogP contribution in [0.4, 0.5) is 11.4 Å². The first-order chi connectivity index (χ1) is 17.4. The van der Waals surface area contributed by atoms with Crippen molar-refractivity contribution in [2.24, 2.45) is 5.92 Å². The summed E-state index contributed by atoms with van der Waals surface area (Å²) in [5.41, 5.74) is 4.11. The molecule has 36 heavy (non-hydrogen) atoms. The van der Waals surface area contributed by atoms with Gasteiger partial charge in [0.05, 0.1) is 12.5 Å². The molecule has 7 nitrogen and oxygen atoms in total. The molecule has 0 aromatic heterocycles. The second-order valence-electron chi connectivity index (χ2n) is 10.3. The quantitative estimate of drug-likeness (QED) is 0.620. The summed E-state index contributed by atoms with van der Waals surface area (Å²) in [6, 6.07) is 13.1. The monoisotopic (exact) mass is 490 g/mol. The molecule has 2 heterocycles. The Bertz CT molecular complexity index is 1070. The zero-order chi connectivity index (χ0) is 25.5. The molecular formula is C29H38N4O3. The third-order valence-corrected chi connectivity index (χ3v) is 7.03. The van der Waals surface area contributed by atoms with E-state index in [0.29, 0.717) is 36.6 Å². The first-order valence-corrected chi connectivity index (χ1v) is 13.2. The van der Waals surface area contributed by atoms with Crippen LogP contribution in [-0.2, 0) is 9.59 Å². The number of nitrogens with one attached hydrogen (secondary N) is 2. The van der Waals surface area contributed by atoms with Crippen molar-refractivity contribution in [2.75, 3.05) is 43.4 Å². The van der Waals surface area contributed by atoms with Gasteiger partial charge in [-0.15, -0.1) is 0 Å². The Kier molecular flexibility index (Phi) is 8.75. The molecule has 2 aromatic carbocycles. The molecule has 1 atom stereocenters. The molecule has 0 saturated carbocycles. The number of piperidine rings is 1. The summed E-state index contributed by atoms with van der Waals surface area (Å²) >= 11 is 0. The Labute approximate surface area is 214 Å². The number of rotatable bonds is 6. The maximum atomic E-state index is 13.1. The normalized spacial score (nSPS) is 18.8. The molecule has 2 N–H and O–H groups in total. The number of carbonyl (C=O) groups is 3. The van der Waals surface area contributed by atoms with E-state index in [4.69, 9.17) is 0 Å². The van der Waals surface area contributed by atoms with Crippen LogP contribution in [-0.4, -0.2) is 60.2 Å². The molecule has 2 aromatic rings. The average Bonchev–Trinajstić information content (AvgIpc) is 3.12. The van der Waals surface area contributed by atoms with Gasteiger partial charge < -0.3 is 15.5 Å². The summed E-state index contributed by atoms with van der Waals surface area (Å²) in [4.78, 5) is 42.7. The van der Waals surface area contributed by atoms with Crippen molar-refractivity contribution in [3.8, 4) is 0 Å². The molecule has 0 aliphatic carbocycles. The van der Waals surface area contributed by atoms with Crippen molar-refractivity contribution in [2.45, 2.75) is 52.4 Å². The number of aryl methyl sites for hydroxylation is 2. The van der Waals surface area contributed by atoms with Crippen LogP contribution in [0.3, 0.4) is 0 Å². The maximum Gasteiger partial charge on any atom is 0.253 e. The van der Waals surface area contributed by atoms with E-state index in [9.17, 15) is 14.4 Å². The van der Waals surface area contributed by atoms with E-state index in [2.05, 4.69) is 21.6 Å². The molecule has 1 unspecified atom stereocenters. The standard InChI is InChI=1S/C29H38N4O3/c1-21-15-22(2)17-24(16-21)29(36)33-14-8-9-23(19-33)28(35)31-26-11-7-10-25(18-26)30-27(34)20-32-12-5-3-4-6-13-32/h7,10-11,15-18,23H,3-6,8-9,12-14,19-20H2,1-2H3,(H,30,34)(H,31,35). The molecule has 2 saturated heterocycles. The lowest BCUT2D eigenvalue weighted by Gasteiger charge is -2.32. The van der Waals surface area contributed by atoms with Crippen LogP contribution in [0.15, 0.2) is 42.5 Å². The first-order valence-electron chi connectivity index (χ1n) is 13.2. The Morgan fingerprint density at radius 2 is 1.50 bits per heavy atom. The fraction of sp³-hybridized carbons (Fsp3) is 0.483. The smallest absolute Gasteiger partial charge is 0.253 e. The van der Waals surface area contributed by atoms with Crippen molar-refractivity contribution < 1.29 is 14.4 Å². The van der Waals surface area contributed by atoms with Crippen molar-refractivity contribution in [3.63, 3.8) is 0 Å². The van der Waals surface area contributed by atoms with Crippen molar-refractivity contribution in [3.05, 3.63) is 59.2 Å². The number of nitrogens with zero attached hydrogens (tertiary/aromatic N) is 2. The second kappa shape index (κ2) is 12.2. The third-order valence-electron chi connectivity index (χ3n) is 7.03. The van der Waals surface area contributed by atoms with Gasteiger partial charge in [0.1, 0.15) is 0 Å². The third kappa shape index (κ3) is 7.17. The van der Waals surface area contributed by atoms with Crippen molar-refractivity contribution in [1.29, 1.82) is 0 Å². The summed E-state index contributed by atoms with van der Waals surface area (Å²) in [6.07, 6.45) is 6.29. The minimum absolute atomic E-state index is 0.0200. The Morgan fingerprint density at radius 3 is 2.19 bits per heavy atom. The van der Waals surface area contributed by atoms with Crippen LogP contribution in [0, 0.1) is 19.8 Å². The molecule has 0 radical (unpaired) electrons. The second-order valence-corrected chi connectivity index (χ2v) is 10.3. The summed E-state index contributed by atoms with van der Waals surface area (Å²) in [5.74, 6) is -0.419. The van der Waals surface area contributed by atoms with E-state index in [-0.39, 0.29) is 23.6 Å². The predicted octanol–water partition coefficient (Wildman–Crippen LogP) is 4.61. The molecule has 192 valence electrons. The number of anilines is 2. The highest BCUT2D eigenvalue weighted by atomic mass is 16.2. The van der Waals surface area contributed by atoms with Crippen LogP contribution in [0.2, 0.25) is 0 Å². The van der Waals surface area contributed by atoms with Crippen LogP contribution < -0.4 is 10.6 Å². The van der Waals surface area contributed by atoms with Gasteiger partial charge in [0.25, 0.3) is 5.91 Å². The van der Waals surface area contributed by atoms with E-state index in [1.165, 1.54) is 12.8 Å². The molecule has 7 heteroatoms. The van der Waals surface area contributed by atoms with E-state index in [1.807, 2.05) is 44.2 Å². The molecule has 0 spiro atoms. The Morgan fingerprint density at radius 1 is 0.833 bits per heavy atom. The van der Waals surface area contributed by atoms with E-state index >= 15 is 0 Å². The van der Waals surface area contributed by atoms with Gasteiger partial charge in [-0.1, -0.05) is 36.1 Å². The number of hydrogen-bond donors (Lipinski definition) is 2. The predicted molar refractivity (Wildman–Crippen MR) is 143 cm³/mol. The highest BCUT2D eigenvalue weighted by Crippen LogP contribution is 2.23. The van der Waals surface area contributed by atoms with Gasteiger partial charge in [0.15, 0.2) is 0 Å². The lowest BCUT2D eigenvalue weighted by atomic mass is 9.96. The average molecular weight is 491 g/mol. The fourth-order valence-electron chi connectivity index (χ4n) is 5.27. The summed E-state index contributed by atoms with van der Waals surface area (Å²) < 4.78 is 0. The number of benzene rings is 2. The van der Waals surface area contributed by atoms with Gasteiger partial charge in [-0.25, -0.2) is 0 Å². The van der Waals surface area contributed by atoms with E-state index in [1.54, 1.807) is 11.0 Å². The van der Waals surface area contributed by atoms with Gasteiger partial charge in [-0.2, -0.15) is 0 Å². The number of likely N-dealkylation sites (tertiary alicyclic amines) is 2. The first kappa shape index (κ1) is 25.9. The largest absolute Gasteiger partial charge is 0.338 e. The number of amides is 3. The minimum atomic E-state index is -0.269. The highest BCUT2D eigenvalue weighted by molar-refractivity contribution is 5.97. The van der Waals surface area contributed by atoms with Crippen LogP contribution in [0.1, 0.15) is 60.0 Å². The Hall–Kier alpha value is -3.19. The number of carbonyl (C=O) groups excluding carboxylic acids is 3. The summed E-state index contributed by atoms with van der Waals surface area (Å²) in [5, 5.41) is 5.96. The van der Waals surface area contributed by atoms with E-state index in [0.717, 1.165) is 49.9 Å². The van der Waals surface area contributed by atoms with Gasteiger partial charge in [0, 0.05) is 30.0 Å². The molecular weight excluding hydrogens is 452 g/mol. The maximum absolute atomic E-state index is 13.1. The topological polar surface area (TPSA) is 81.8 Å². The van der Waals surface area contributed by atoms with Crippen molar-refractivity contribution >= 4 is 29.1 Å². The van der Waals surface area contributed by atoms with Gasteiger partial charge in [0.2, 0.25) is 11.8 Å². The fourth-order valence-corrected chi connectivity index (χ4v) is 5.27. The zero-order valence-corrected chi connectivity index (χ0v) is 21.5. The molecule has 2 fully saturated rings. The summed E-state index contributed by atoms with van der Waals surface area (Å²) in [7, 11) is 0. The van der Waals surface area contributed by atoms with Gasteiger partial charge in [-0.3, -0.25) is 19.3 Å². The molecule has 0 bridgehead atoms. The van der Waals surface area contributed by atoms with Gasteiger partial charge in [-0.05, 0) is 83.0 Å². The van der Waals surface area contributed by atoms with Crippen molar-refractivity contribution in [1.82, 2.24) is 9.80 Å². The van der Waals surface area contributed by atoms with E-state index < -0.39 is 0 Å². The minimum Gasteiger partial charge on any atom is -0.338 e. The highest BCUT2D eigenvalue weighted by Gasteiger charge is 2.29. The molecule has 4 rings (SSSR count). The van der Waals surface area contributed by atoms with Crippen LogP contribution in [0.5, 0.6) is 0 Å². The van der Waals surface area contributed by atoms with Gasteiger partial charge >= 0.3 is 0 Å². The summed E-state index contributed by atoms with van der Waals surface area (Å²) in [6.45, 7) is 7.37. The zero-order valence-electron chi connectivity index (χ0n) is 21.5. The van der Waals surface area contributed by atoms with Crippen LogP contribution in [0.25, 0.3) is 0 Å². The molecule has 2 aliphatic heterocycles.